The highest BCUT2D eigenvalue weighted by Gasteiger charge is 2.07. The molecule has 5 nitrogen and oxygen atoms in total. The Balaban J connectivity index is 2.47. The van der Waals surface area contributed by atoms with E-state index in [4.69, 9.17) is 5.11 Å². The van der Waals surface area contributed by atoms with Crippen LogP contribution >= 0.6 is 27.7 Å². The van der Waals surface area contributed by atoms with Crippen molar-refractivity contribution in [3.63, 3.8) is 0 Å². The van der Waals surface area contributed by atoms with Crippen LogP contribution in [-0.2, 0) is 6.54 Å². The van der Waals surface area contributed by atoms with Gasteiger partial charge in [0, 0.05) is 25.4 Å². The first kappa shape index (κ1) is 17.5. The summed E-state index contributed by atoms with van der Waals surface area (Å²) in [6.07, 6.45) is 4.51. The van der Waals surface area contributed by atoms with Crippen molar-refractivity contribution < 1.29 is 5.11 Å². The van der Waals surface area contributed by atoms with E-state index in [9.17, 15) is 4.79 Å². The monoisotopic (exact) mass is 363 g/mol. The van der Waals surface area contributed by atoms with Crippen molar-refractivity contribution >= 4 is 33.4 Å². The van der Waals surface area contributed by atoms with Crippen molar-refractivity contribution in [2.45, 2.75) is 32.7 Å². The van der Waals surface area contributed by atoms with Gasteiger partial charge in [-0.2, -0.15) is 16.9 Å². The number of aliphatic hydroxyl groups is 1. The van der Waals surface area contributed by atoms with Crippen LogP contribution in [0.15, 0.2) is 15.5 Å². The number of aliphatic hydroxyl groups excluding tert-OH is 1. The molecular weight excluding hydrogens is 342 g/mol. The maximum atomic E-state index is 12.1. The van der Waals surface area contributed by atoms with Crippen LogP contribution in [-0.4, -0.2) is 39.5 Å². The van der Waals surface area contributed by atoms with Crippen LogP contribution in [0, 0.1) is 0 Å². The second-order valence-electron chi connectivity index (χ2n) is 4.37. The van der Waals surface area contributed by atoms with Gasteiger partial charge in [0.05, 0.1) is 11.9 Å². The molecule has 0 unspecified atom stereocenters. The van der Waals surface area contributed by atoms with Gasteiger partial charge in [0.2, 0.25) is 0 Å². The van der Waals surface area contributed by atoms with Crippen LogP contribution in [0.2, 0.25) is 0 Å². The van der Waals surface area contributed by atoms with Gasteiger partial charge < -0.3 is 10.4 Å². The van der Waals surface area contributed by atoms with E-state index in [0.29, 0.717) is 11.0 Å². The molecule has 0 aliphatic carbocycles. The minimum absolute atomic E-state index is 0.0867. The second-order valence-corrected chi connectivity index (χ2v) is 6.39. The minimum Gasteiger partial charge on any atom is -0.396 e. The van der Waals surface area contributed by atoms with Gasteiger partial charge in [-0.1, -0.05) is 13.3 Å². The summed E-state index contributed by atoms with van der Waals surface area (Å²) < 4.78 is 2.04. The SMILES string of the molecule is CCCCn1ncc(NCCSCCCO)c(Br)c1=O. The molecule has 1 rings (SSSR count). The Kier molecular flexibility index (Phi) is 8.97. The number of thioether (sulfide) groups is 1. The average molecular weight is 364 g/mol. The largest absolute Gasteiger partial charge is 0.396 e. The highest BCUT2D eigenvalue weighted by Crippen LogP contribution is 2.16. The summed E-state index contributed by atoms with van der Waals surface area (Å²) in [6.45, 7) is 3.76. The normalized spacial score (nSPS) is 10.8. The van der Waals surface area contributed by atoms with Crippen molar-refractivity contribution in [3.05, 3.63) is 21.0 Å². The first-order chi connectivity index (χ1) is 9.70. The summed E-state index contributed by atoms with van der Waals surface area (Å²) in [5.74, 6) is 1.89. The van der Waals surface area contributed by atoms with Gasteiger partial charge in [-0.25, -0.2) is 4.68 Å². The van der Waals surface area contributed by atoms with Gasteiger partial charge in [-0.15, -0.1) is 0 Å². The zero-order chi connectivity index (χ0) is 14.8. The highest BCUT2D eigenvalue weighted by atomic mass is 79.9. The summed E-state index contributed by atoms with van der Waals surface area (Å²) in [4.78, 5) is 12.1. The molecule has 0 spiro atoms. The molecule has 0 aromatic carbocycles. The number of rotatable bonds is 10. The van der Waals surface area contributed by atoms with E-state index in [2.05, 4.69) is 33.3 Å². The van der Waals surface area contributed by atoms with Gasteiger partial charge in [0.1, 0.15) is 4.47 Å². The molecule has 0 fully saturated rings. The van der Waals surface area contributed by atoms with Crippen molar-refractivity contribution in [2.75, 3.05) is 30.0 Å². The molecule has 114 valence electrons. The Morgan fingerprint density at radius 2 is 2.25 bits per heavy atom. The molecule has 1 aromatic rings. The minimum atomic E-state index is -0.0867. The van der Waals surface area contributed by atoms with E-state index in [1.165, 1.54) is 4.68 Å². The van der Waals surface area contributed by atoms with E-state index in [1.54, 1.807) is 18.0 Å². The quantitative estimate of drug-likeness (QED) is 0.624. The molecule has 1 heterocycles. The molecule has 0 aliphatic rings. The summed E-state index contributed by atoms with van der Waals surface area (Å²) in [5.41, 5.74) is 0.655. The maximum Gasteiger partial charge on any atom is 0.283 e. The van der Waals surface area contributed by atoms with Crippen LogP contribution in [0.3, 0.4) is 0 Å². The number of unbranched alkanes of at least 4 members (excludes halogenated alkanes) is 1. The average Bonchev–Trinajstić information content (AvgIpc) is 2.46. The summed E-state index contributed by atoms with van der Waals surface area (Å²) >= 11 is 5.12. The fraction of sp³-hybridized carbons (Fsp3) is 0.692. The van der Waals surface area contributed by atoms with Gasteiger partial charge >= 0.3 is 0 Å². The summed E-state index contributed by atoms with van der Waals surface area (Å²) in [7, 11) is 0. The smallest absolute Gasteiger partial charge is 0.283 e. The van der Waals surface area contributed by atoms with Gasteiger partial charge in [-0.05, 0) is 34.5 Å². The standard InChI is InChI=1S/C13H22BrN3O2S/c1-2-3-6-17-13(19)12(14)11(10-16-17)15-5-9-20-8-4-7-18/h10,15,18H,2-9H2,1H3. The third-order valence-corrected chi connectivity index (χ3v) is 4.55. The van der Waals surface area contributed by atoms with Crippen LogP contribution in [0.4, 0.5) is 5.69 Å². The topological polar surface area (TPSA) is 67.2 Å². The van der Waals surface area contributed by atoms with Crippen LogP contribution in [0.1, 0.15) is 26.2 Å². The van der Waals surface area contributed by atoms with E-state index in [0.717, 1.165) is 43.0 Å². The fourth-order valence-electron chi connectivity index (χ4n) is 1.58. The number of halogens is 1. The number of hydrogen-bond donors (Lipinski definition) is 2. The molecule has 0 radical (unpaired) electrons. The van der Waals surface area contributed by atoms with Crippen molar-refractivity contribution in [1.82, 2.24) is 9.78 Å². The van der Waals surface area contributed by atoms with Crippen LogP contribution < -0.4 is 10.9 Å². The Bertz CT molecular complexity index is 454. The predicted octanol–water partition coefficient (Wildman–Crippen LogP) is 2.33. The molecule has 7 heteroatoms. The first-order valence-corrected chi connectivity index (χ1v) is 8.83. The molecule has 2 N–H and O–H groups in total. The van der Waals surface area contributed by atoms with Crippen molar-refractivity contribution in [3.8, 4) is 0 Å². The summed E-state index contributed by atoms with van der Waals surface area (Å²) in [6, 6.07) is 0. The Morgan fingerprint density at radius 3 is 2.95 bits per heavy atom. The molecule has 1 aromatic heterocycles. The van der Waals surface area contributed by atoms with Crippen molar-refractivity contribution in [1.29, 1.82) is 0 Å². The van der Waals surface area contributed by atoms with E-state index in [1.807, 2.05) is 0 Å². The van der Waals surface area contributed by atoms with Gasteiger partial charge in [-0.3, -0.25) is 4.79 Å². The molecular formula is C13H22BrN3O2S. The lowest BCUT2D eigenvalue weighted by Crippen LogP contribution is -2.24. The third kappa shape index (κ3) is 5.85. The molecule has 0 aliphatic heterocycles. The maximum absolute atomic E-state index is 12.1. The Hall–Kier alpha value is -0.530. The lowest BCUT2D eigenvalue weighted by molar-refractivity contribution is 0.296. The number of nitrogens with one attached hydrogen (secondary N) is 1. The van der Waals surface area contributed by atoms with E-state index < -0.39 is 0 Å². The lowest BCUT2D eigenvalue weighted by Gasteiger charge is -2.10. The number of aryl methyl sites for hydroxylation is 1. The van der Waals surface area contributed by atoms with E-state index in [-0.39, 0.29) is 12.2 Å². The molecule has 0 bridgehead atoms. The van der Waals surface area contributed by atoms with Gasteiger partial charge in [0.15, 0.2) is 0 Å². The van der Waals surface area contributed by atoms with Gasteiger partial charge in [0.25, 0.3) is 5.56 Å². The Morgan fingerprint density at radius 1 is 1.45 bits per heavy atom. The summed E-state index contributed by atoms with van der Waals surface area (Å²) in [5, 5.41) is 16.1. The zero-order valence-electron chi connectivity index (χ0n) is 11.8. The number of anilines is 1. The second kappa shape index (κ2) is 10.2. The lowest BCUT2D eigenvalue weighted by atomic mass is 10.3. The van der Waals surface area contributed by atoms with Crippen molar-refractivity contribution in [2.24, 2.45) is 0 Å². The predicted molar refractivity (Wildman–Crippen MR) is 88.6 cm³/mol. The molecule has 20 heavy (non-hydrogen) atoms. The molecule has 0 amide bonds. The number of nitrogens with zero attached hydrogens (tertiary/aromatic N) is 2. The number of aromatic nitrogens is 2. The first-order valence-electron chi connectivity index (χ1n) is 6.88. The van der Waals surface area contributed by atoms with Crippen LogP contribution in [0.25, 0.3) is 0 Å². The Labute approximate surface area is 132 Å². The molecule has 0 atom stereocenters. The molecule has 0 saturated carbocycles. The zero-order valence-corrected chi connectivity index (χ0v) is 14.2. The number of hydrogen-bond acceptors (Lipinski definition) is 5. The van der Waals surface area contributed by atoms with E-state index >= 15 is 0 Å². The fourth-order valence-corrected chi connectivity index (χ4v) is 2.81. The third-order valence-electron chi connectivity index (χ3n) is 2.72. The van der Waals surface area contributed by atoms with Crippen LogP contribution in [0.5, 0.6) is 0 Å². The molecule has 0 saturated heterocycles. The highest BCUT2D eigenvalue weighted by molar-refractivity contribution is 9.10.